The van der Waals surface area contributed by atoms with E-state index in [-0.39, 0.29) is 18.0 Å². The van der Waals surface area contributed by atoms with Gasteiger partial charge in [-0.05, 0) is 24.1 Å². The lowest BCUT2D eigenvalue weighted by atomic mass is 10.1. The molecule has 1 rings (SSSR count). The molecule has 0 bridgehead atoms. The fourth-order valence-electron chi connectivity index (χ4n) is 1.28. The molecule has 1 unspecified atom stereocenters. The Hall–Kier alpha value is -0.540. The molecule has 0 aliphatic carbocycles. The van der Waals surface area contributed by atoms with Gasteiger partial charge < -0.3 is 0 Å². The number of ketones is 1. The molecule has 0 N–H and O–H groups in total. The van der Waals surface area contributed by atoms with Crippen LogP contribution in [0.3, 0.4) is 0 Å². The highest BCUT2D eigenvalue weighted by Gasteiger charge is 2.09. The molecule has 1 aromatic carbocycles. The average Bonchev–Trinajstić information content (AvgIpc) is 2.29. The summed E-state index contributed by atoms with van der Waals surface area (Å²) in [6.45, 7) is 4.20. The zero-order valence-electron chi connectivity index (χ0n) is 10.0. The normalized spacial score (nSPS) is 12.5. The second-order valence-electron chi connectivity index (χ2n) is 3.98. The van der Waals surface area contributed by atoms with Crippen LogP contribution in [-0.4, -0.2) is 16.8 Å². The zero-order valence-corrected chi connectivity index (χ0v) is 11.6. The molecule has 94 valence electrons. The Morgan fingerprint density at radius 3 is 2.82 bits per heavy atom. The van der Waals surface area contributed by atoms with Crippen LogP contribution in [0.1, 0.15) is 25.8 Å². The predicted molar refractivity (Wildman–Crippen MR) is 72.3 cm³/mol. The minimum atomic E-state index is -0.375. The molecule has 0 aliphatic rings. The van der Waals surface area contributed by atoms with Gasteiger partial charge in [0, 0.05) is 16.7 Å². The molecule has 0 aromatic heterocycles. The van der Waals surface area contributed by atoms with Crippen molar-refractivity contribution in [2.24, 2.45) is 0 Å². The van der Waals surface area contributed by atoms with Crippen molar-refractivity contribution >= 4 is 29.1 Å². The molecule has 1 atom stereocenters. The molecule has 0 saturated heterocycles. The van der Waals surface area contributed by atoms with Gasteiger partial charge in [-0.25, -0.2) is 4.39 Å². The van der Waals surface area contributed by atoms with E-state index < -0.39 is 0 Å². The number of hydrogen-bond donors (Lipinski definition) is 0. The first-order chi connectivity index (χ1) is 8.02. The van der Waals surface area contributed by atoms with E-state index in [1.165, 1.54) is 12.1 Å². The first-order valence-corrected chi connectivity index (χ1v) is 7.02. The van der Waals surface area contributed by atoms with Crippen molar-refractivity contribution < 1.29 is 9.18 Å². The number of carbonyl (C=O) groups excluding carboxylic acids is 1. The number of hydrogen-bond acceptors (Lipinski definition) is 2. The number of rotatable bonds is 6. The van der Waals surface area contributed by atoms with Crippen molar-refractivity contribution in [3.63, 3.8) is 0 Å². The molecule has 1 nitrogen and oxygen atoms in total. The van der Waals surface area contributed by atoms with Gasteiger partial charge in [-0.2, -0.15) is 11.8 Å². The van der Waals surface area contributed by atoms with Crippen LogP contribution in [0.5, 0.6) is 0 Å². The maximum Gasteiger partial charge on any atom is 0.147 e. The van der Waals surface area contributed by atoms with Crippen LogP contribution in [0.15, 0.2) is 18.2 Å². The fourth-order valence-corrected chi connectivity index (χ4v) is 2.32. The lowest BCUT2D eigenvalue weighted by molar-refractivity contribution is -0.116. The molecule has 0 heterocycles. The Labute approximate surface area is 111 Å². The molecule has 0 spiro atoms. The standard InChI is InChI=1S/C13H16ClFOS/c1-3-9(2)17-8-12(16)6-10-4-5-11(15)7-13(10)14/h4-5,7,9H,3,6,8H2,1-2H3. The Bertz CT molecular complexity index is 395. The highest BCUT2D eigenvalue weighted by Crippen LogP contribution is 2.19. The summed E-state index contributed by atoms with van der Waals surface area (Å²) in [7, 11) is 0. The number of Topliss-reactive ketones (excluding diaryl/α,β-unsaturated/α-hetero) is 1. The summed E-state index contributed by atoms with van der Waals surface area (Å²) in [6, 6.07) is 4.14. The number of thioether (sulfide) groups is 1. The van der Waals surface area contributed by atoms with Crippen LogP contribution in [0, 0.1) is 5.82 Å². The van der Waals surface area contributed by atoms with Crippen LogP contribution < -0.4 is 0 Å². The Balaban J connectivity index is 2.50. The van der Waals surface area contributed by atoms with E-state index >= 15 is 0 Å². The molecule has 1 aromatic rings. The molecular weight excluding hydrogens is 259 g/mol. The van der Waals surface area contributed by atoms with Crippen LogP contribution in [0.2, 0.25) is 5.02 Å². The largest absolute Gasteiger partial charge is 0.298 e. The SMILES string of the molecule is CCC(C)SCC(=O)Cc1ccc(F)cc1Cl. The summed E-state index contributed by atoms with van der Waals surface area (Å²) in [5, 5.41) is 0.814. The first kappa shape index (κ1) is 14.5. The third kappa shape index (κ3) is 5.09. The van der Waals surface area contributed by atoms with Crippen LogP contribution in [0.4, 0.5) is 4.39 Å². The third-order valence-corrected chi connectivity index (χ3v) is 4.25. The lowest BCUT2D eigenvalue weighted by Crippen LogP contribution is -2.09. The zero-order chi connectivity index (χ0) is 12.8. The van der Waals surface area contributed by atoms with Gasteiger partial charge in [-0.3, -0.25) is 4.79 Å². The summed E-state index contributed by atoms with van der Waals surface area (Å²) in [6.07, 6.45) is 1.33. The topological polar surface area (TPSA) is 17.1 Å². The van der Waals surface area contributed by atoms with Crippen molar-refractivity contribution in [3.8, 4) is 0 Å². The van der Waals surface area contributed by atoms with Crippen LogP contribution in [0.25, 0.3) is 0 Å². The maximum atomic E-state index is 12.8. The molecule has 0 saturated carbocycles. The smallest absolute Gasteiger partial charge is 0.147 e. The van der Waals surface area contributed by atoms with Crippen molar-refractivity contribution in [2.45, 2.75) is 31.9 Å². The Kier molecular flexibility index (Phi) is 6.00. The highest BCUT2D eigenvalue weighted by atomic mass is 35.5. The van der Waals surface area contributed by atoms with Crippen molar-refractivity contribution in [1.82, 2.24) is 0 Å². The van der Waals surface area contributed by atoms with E-state index in [0.29, 0.717) is 21.6 Å². The molecular formula is C13H16ClFOS. The van der Waals surface area contributed by atoms with Gasteiger partial charge in [0.25, 0.3) is 0 Å². The van der Waals surface area contributed by atoms with E-state index in [0.717, 1.165) is 6.42 Å². The van der Waals surface area contributed by atoms with Crippen molar-refractivity contribution in [2.75, 3.05) is 5.75 Å². The third-order valence-electron chi connectivity index (χ3n) is 2.51. The Morgan fingerprint density at radius 1 is 1.53 bits per heavy atom. The van der Waals surface area contributed by atoms with Gasteiger partial charge in [0.2, 0.25) is 0 Å². The molecule has 17 heavy (non-hydrogen) atoms. The molecule has 0 fully saturated rings. The Morgan fingerprint density at radius 2 is 2.24 bits per heavy atom. The summed E-state index contributed by atoms with van der Waals surface area (Å²) in [5.74, 6) is 0.242. The quantitative estimate of drug-likeness (QED) is 0.776. The lowest BCUT2D eigenvalue weighted by Gasteiger charge is -2.08. The molecule has 0 aliphatic heterocycles. The van der Waals surface area contributed by atoms with Gasteiger partial charge in [0.05, 0.1) is 5.75 Å². The first-order valence-electron chi connectivity index (χ1n) is 5.60. The van der Waals surface area contributed by atoms with Gasteiger partial charge in [-0.15, -0.1) is 0 Å². The van der Waals surface area contributed by atoms with Gasteiger partial charge in [-0.1, -0.05) is 31.5 Å². The second kappa shape index (κ2) is 7.02. The summed E-state index contributed by atoms with van der Waals surface area (Å²) in [4.78, 5) is 11.7. The second-order valence-corrected chi connectivity index (χ2v) is 5.81. The van der Waals surface area contributed by atoms with Crippen molar-refractivity contribution in [3.05, 3.63) is 34.6 Å². The van der Waals surface area contributed by atoms with E-state index in [4.69, 9.17) is 11.6 Å². The number of halogens is 2. The van der Waals surface area contributed by atoms with E-state index in [2.05, 4.69) is 13.8 Å². The van der Waals surface area contributed by atoms with Gasteiger partial charge >= 0.3 is 0 Å². The monoisotopic (exact) mass is 274 g/mol. The van der Waals surface area contributed by atoms with Crippen LogP contribution in [-0.2, 0) is 11.2 Å². The van der Waals surface area contributed by atoms with Gasteiger partial charge in [0.1, 0.15) is 11.6 Å². The van der Waals surface area contributed by atoms with Crippen LogP contribution >= 0.6 is 23.4 Å². The predicted octanol–water partition coefficient (Wildman–Crippen LogP) is 4.12. The number of benzene rings is 1. The average molecular weight is 275 g/mol. The summed E-state index contributed by atoms with van der Waals surface area (Å²) < 4.78 is 12.8. The molecule has 0 amide bonds. The molecule has 4 heteroatoms. The van der Waals surface area contributed by atoms with Gasteiger partial charge in [0.15, 0.2) is 0 Å². The van der Waals surface area contributed by atoms with Crippen molar-refractivity contribution in [1.29, 1.82) is 0 Å². The minimum Gasteiger partial charge on any atom is -0.298 e. The fraction of sp³-hybridized carbons (Fsp3) is 0.462. The molecule has 0 radical (unpaired) electrons. The van der Waals surface area contributed by atoms with E-state index in [1.54, 1.807) is 17.8 Å². The minimum absolute atomic E-state index is 0.129. The van der Waals surface area contributed by atoms with E-state index in [1.807, 2.05) is 0 Å². The summed E-state index contributed by atoms with van der Waals surface area (Å²) in [5.41, 5.74) is 0.697. The van der Waals surface area contributed by atoms with E-state index in [9.17, 15) is 9.18 Å². The highest BCUT2D eigenvalue weighted by molar-refractivity contribution is 8.00. The number of carbonyl (C=O) groups is 1. The maximum absolute atomic E-state index is 12.8. The summed E-state index contributed by atoms with van der Waals surface area (Å²) >= 11 is 7.51.